The summed E-state index contributed by atoms with van der Waals surface area (Å²) in [6, 6.07) is 15.2. The summed E-state index contributed by atoms with van der Waals surface area (Å²) in [6.45, 7) is 1.67. The van der Waals surface area contributed by atoms with Crippen LogP contribution in [0.15, 0.2) is 54.7 Å². The van der Waals surface area contributed by atoms with Crippen molar-refractivity contribution in [3.63, 3.8) is 0 Å². The van der Waals surface area contributed by atoms with Crippen LogP contribution < -0.4 is 5.32 Å². The van der Waals surface area contributed by atoms with Gasteiger partial charge in [-0.2, -0.15) is 5.10 Å². The zero-order valence-electron chi connectivity index (χ0n) is 15.7. The van der Waals surface area contributed by atoms with E-state index < -0.39 is 6.10 Å². The molecule has 7 nitrogen and oxygen atoms in total. The first-order chi connectivity index (χ1) is 13.6. The number of carbonyl (C=O) groups is 1. The third kappa shape index (κ3) is 3.75. The second-order valence-corrected chi connectivity index (χ2v) is 6.90. The lowest BCUT2D eigenvalue weighted by Gasteiger charge is -2.27. The van der Waals surface area contributed by atoms with Crippen LogP contribution in [0.4, 0.5) is 5.82 Å². The maximum atomic E-state index is 12.9. The van der Waals surface area contributed by atoms with Crippen LogP contribution in [0.3, 0.4) is 0 Å². The minimum Gasteiger partial charge on any atom is -0.386 e. The minimum atomic E-state index is -0.664. The van der Waals surface area contributed by atoms with Gasteiger partial charge < -0.3 is 15.3 Å². The highest BCUT2D eigenvalue weighted by atomic mass is 16.3. The molecule has 2 aromatic heterocycles. The number of nitrogens with one attached hydrogen (secondary N) is 1. The number of nitrogens with zero attached hydrogens (tertiary/aromatic N) is 4. The van der Waals surface area contributed by atoms with Crippen LogP contribution in [-0.4, -0.2) is 44.3 Å². The molecule has 0 bridgehead atoms. The van der Waals surface area contributed by atoms with Gasteiger partial charge in [0, 0.05) is 31.8 Å². The Bertz CT molecular complexity index is 970. The Morgan fingerprint density at radius 2 is 2.04 bits per heavy atom. The molecule has 4 rings (SSSR count). The van der Waals surface area contributed by atoms with Crippen LogP contribution in [-0.2, 0) is 19.5 Å². The molecule has 1 atom stereocenters. The number of aromatic nitrogens is 3. The van der Waals surface area contributed by atoms with Crippen molar-refractivity contribution < 1.29 is 9.90 Å². The highest BCUT2D eigenvalue weighted by Crippen LogP contribution is 2.22. The Kier molecular flexibility index (Phi) is 5.08. The third-order valence-electron chi connectivity index (χ3n) is 4.98. The topological polar surface area (TPSA) is 83.3 Å². The van der Waals surface area contributed by atoms with Crippen molar-refractivity contribution in [2.75, 3.05) is 18.9 Å². The Labute approximate surface area is 163 Å². The fourth-order valence-electron chi connectivity index (χ4n) is 3.45. The van der Waals surface area contributed by atoms with Crippen molar-refractivity contribution in [2.24, 2.45) is 0 Å². The summed E-state index contributed by atoms with van der Waals surface area (Å²) in [7, 11) is 1.78. The summed E-state index contributed by atoms with van der Waals surface area (Å²) in [5, 5.41) is 18.1. The highest BCUT2D eigenvalue weighted by molar-refractivity contribution is 5.94. The van der Waals surface area contributed by atoms with Gasteiger partial charge in [0.15, 0.2) is 0 Å². The van der Waals surface area contributed by atoms with Crippen LogP contribution in [0.5, 0.6) is 0 Å². The van der Waals surface area contributed by atoms with Gasteiger partial charge in [0.2, 0.25) is 0 Å². The maximum Gasteiger partial charge on any atom is 0.254 e. The standard InChI is InChI=1S/C21H23N5O2/c1-22-20-12-16(7-8-23-20)21(28)25-9-10-26-17(14-25)13-18(24-26)19(27)11-15-5-3-2-4-6-15/h2-8,12-13,19,27H,9-11,14H2,1H3,(H,22,23)/t19-/m0/s1. The Hall–Kier alpha value is -3.19. The van der Waals surface area contributed by atoms with Crippen molar-refractivity contribution in [3.05, 3.63) is 77.2 Å². The Morgan fingerprint density at radius 1 is 1.21 bits per heavy atom. The molecule has 7 heteroatoms. The van der Waals surface area contributed by atoms with Crippen LogP contribution >= 0.6 is 0 Å². The molecule has 3 heterocycles. The molecule has 0 spiro atoms. The Morgan fingerprint density at radius 3 is 2.82 bits per heavy atom. The zero-order chi connectivity index (χ0) is 19.5. The summed E-state index contributed by atoms with van der Waals surface area (Å²) in [5.74, 6) is 0.636. The third-order valence-corrected chi connectivity index (χ3v) is 4.98. The molecule has 1 aliphatic rings. The fourth-order valence-corrected chi connectivity index (χ4v) is 3.45. The minimum absolute atomic E-state index is 0.0299. The van der Waals surface area contributed by atoms with Gasteiger partial charge in [0.05, 0.1) is 24.5 Å². The van der Waals surface area contributed by atoms with Crippen molar-refractivity contribution >= 4 is 11.7 Å². The van der Waals surface area contributed by atoms with E-state index in [-0.39, 0.29) is 5.91 Å². The van der Waals surface area contributed by atoms with Crippen LogP contribution in [0.2, 0.25) is 0 Å². The van der Waals surface area contributed by atoms with Crippen LogP contribution in [0.1, 0.15) is 33.4 Å². The molecular weight excluding hydrogens is 354 g/mol. The van der Waals surface area contributed by atoms with Crippen molar-refractivity contribution in [2.45, 2.75) is 25.6 Å². The predicted octanol–water partition coefficient (Wildman–Crippen LogP) is 2.25. The first kappa shape index (κ1) is 18.2. The second-order valence-electron chi connectivity index (χ2n) is 6.90. The summed E-state index contributed by atoms with van der Waals surface area (Å²) in [5.41, 5.74) is 3.26. The Balaban J connectivity index is 1.47. The molecule has 0 saturated carbocycles. The molecule has 2 N–H and O–H groups in total. The molecule has 1 aromatic carbocycles. The number of aliphatic hydroxyl groups is 1. The second kappa shape index (κ2) is 7.82. The van der Waals surface area contributed by atoms with E-state index in [1.54, 1.807) is 30.3 Å². The van der Waals surface area contributed by atoms with E-state index in [1.165, 1.54) is 0 Å². The number of carbonyl (C=O) groups excluding carboxylic acids is 1. The largest absolute Gasteiger partial charge is 0.386 e. The lowest BCUT2D eigenvalue weighted by molar-refractivity contribution is 0.0705. The average Bonchev–Trinajstić information content (AvgIpc) is 3.17. The van der Waals surface area contributed by atoms with E-state index in [9.17, 15) is 9.90 Å². The first-order valence-corrected chi connectivity index (χ1v) is 9.36. The molecule has 28 heavy (non-hydrogen) atoms. The number of pyridine rings is 1. The molecular formula is C21H23N5O2. The van der Waals surface area contributed by atoms with E-state index in [0.717, 1.165) is 11.3 Å². The molecule has 0 aliphatic carbocycles. The highest BCUT2D eigenvalue weighted by Gasteiger charge is 2.25. The van der Waals surface area contributed by atoms with Crippen molar-refractivity contribution in [1.82, 2.24) is 19.7 Å². The van der Waals surface area contributed by atoms with Gasteiger partial charge in [-0.1, -0.05) is 30.3 Å². The van der Waals surface area contributed by atoms with Crippen molar-refractivity contribution in [3.8, 4) is 0 Å². The average molecular weight is 377 g/mol. The van der Waals surface area contributed by atoms with Gasteiger partial charge in [0.1, 0.15) is 11.9 Å². The normalized spacial score (nSPS) is 14.4. The number of hydrogen-bond donors (Lipinski definition) is 2. The molecule has 1 aliphatic heterocycles. The molecule has 0 radical (unpaired) electrons. The van der Waals surface area contributed by atoms with Crippen molar-refractivity contribution in [1.29, 1.82) is 0 Å². The van der Waals surface area contributed by atoms with E-state index >= 15 is 0 Å². The van der Waals surface area contributed by atoms with Crippen LogP contribution in [0, 0.1) is 0 Å². The number of aliphatic hydroxyl groups excluding tert-OH is 1. The molecule has 3 aromatic rings. The number of benzene rings is 1. The van der Waals surface area contributed by atoms with E-state index in [0.29, 0.717) is 43.1 Å². The van der Waals surface area contributed by atoms with Gasteiger partial charge in [-0.3, -0.25) is 9.48 Å². The lowest BCUT2D eigenvalue weighted by Crippen LogP contribution is -2.38. The molecule has 1 amide bonds. The van der Waals surface area contributed by atoms with E-state index in [2.05, 4.69) is 15.4 Å². The predicted molar refractivity (Wildman–Crippen MR) is 106 cm³/mol. The monoisotopic (exact) mass is 377 g/mol. The fraction of sp³-hybridized carbons (Fsp3) is 0.286. The van der Waals surface area contributed by atoms with Gasteiger partial charge in [-0.15, -0.1) is 0 Å². The number of fused-ring (bicyclic) bond motifs is 1. The molecule has 0 fully saturated rings. The quantitative estimate of drug-likeness (QED) is 0.713. The summed E-state index contributed by atoms with van der Waals surface area (Å²) < 4.78 is 1.89. The smallest absolute Gasteiger partial charge is 0.254 e. The van der Waals surface area contributed by atoms with Gasteiger partial charge in [0.25, 0.3) is 5.91 Å². The van der Waals surface area contributed by atoms with Crippen LogP contribution in [0.25, 0.3) is 0 Å². The van der Waals surface area contributed by atoms with Gasteiger partial charge >= 0.3 is 0 Å². The maximum absolute atomic E-state index is 12.9. The molecule has 0 unspecified atom stereocenters. The summed E-state index contributed by atoms with van der Waals surface area (Å²) in [6.07, 6.45) is 1.48. The number of hydrogen-bond acceptors (Lipinski definition) is 5. The number of anilines is 1. The molecule has 144 valence electrons. The molecule has 0 saturated heterocycles. The van der Waals surface area contributed by atoms with Gasteiger partial charge in [-0.05, 0) is 23.8 Å². The summed E-state index contributed by atoms with van der Waals surface area (Å²) in [4.78, 5) is 18.8. The number of amides is 1. The van der Waals surface area contributed by atoms with E-state index in [1.807, 2.05) is 41.1 Å². The zero-order valence-corrected chi connectivity index (χ0v) is 15.7. The lowest BCUT2D eigenvalue weighted by atomic mass is 10.1. The summed E-state index contributed by atoms with van der Waals surface area (Å²) >= 11 is 0. The SMILES string of the molecule is CNc1cc(C(=O)N2CCn3nc([C@@H](O)Cc4ccccc4)cc3C2)ccn1. The van der Waals surface area contributed by atoms with Gasteiger partial charge in [-0.25, -0.2) is 4.98 Å². The first-order valence-electron chi connectivity index (χ1n) is 9.36. The number of rotatable bonds is 5. The van der Waals surface area contributed by atoms with E-state index in [4.69, 9.17) is 0 Å².